The van der Waals surface area contributed by atoms with E-state index >= 15 is 0 Å². The van der Waals surface area contributed by atoms with Gasteiger partial charge in [0.15, 0.2) is 0 Å². The van der Waals surface area contributed by atoms with Gasteiger partial charge >= 0.3 is 0 Å². The topological polar surface area (TPSA) is 24.7 Å². The molecule has 0 amide bonds. The van der Waals surface area contributed by atoms with Crippen LogP contribution in [-0.2, 0) is 6.42 Å². The van der Waals surface area contributed by atoms with Crippen LogP contribution in [0.2, 0.25) is 0 Å². The lowest BCUT2D eigenvalue weighted by Gasteiger charge is -1.95. The molecule has 2 aromatic carbocycles. The first kappa shape index (κ1) is 13.1. The Bertz CT molecular complexity index is 569. The Labute approximate surface area is 112 Å². The molecule has 0 aromatic heterocycles. The van der Waals surface area contributed by atoms with E-state index in [1.54, 1.807) is 24.6 Å². The molecule has 0 N–H and O–H groups in total. The average molecular weight is 254 g/mol. The van der Waals surface area contributed by atoms with Crippen molar-refractivity contribution in [2.75, 3.05) is 0 Å². The number of hydrogen-bond acceptors (Lipinski definition) is 2. The third-order valence-electron chi connectivity index (χ3n) is 2.74. The highest BCUT2D eigenvalue weighted by Crippen LogP contribution is 2.03. The standard InChI is InChI=1S/C16H15FN2/c1-2-13-3-5-14(6-4-13)11-18-19-12-15-7-9-16(17)10-8-15/h3-12H,2H2,1H3. The first-order valence-electron chi connectivity index (χ1n) is 6.19. The zero-order valence-corrected chi connectivity index (χ0v) is 10.8. The fourth-order valence-electron chi connectivity index (χ4n) is 1.59. The minimum Gasteiger partial charge on any atom is -0.207 e. The summed E-state index contributed by atoms with van der Waals surface area (Å²) in [5, 5.41) is 7.90. The third kappa shape index (κ3) is 4.14. The normalized spacial score (nSPS) is 11.5. The summed E-state index contributed by atoms with van der Waals surface area (Å²) in [6.45, 7) is 2.12. The Kier molecular flexibility index (Phi) is 4.56. The van der Waals surface area contributed by atoms with Crippen molar-refractivity contribution in [3.63, 3.8) is 0 Å². The summed E-state index contributed by atoms with van der Waals surface area (Å²) in [5.74, 6) is -0.253. The number of aryl methyl sites for hydroxylation is 1. The van der Waals surface area contributed by atoms with Crippen LogP contribution in [-0.4, -0.2) is 12.4 Å². The second-order valence-electron chi connectivity index (χ2n) is 4.14. The summed E-state index contributed by atoms with van der Waals surface area (Å²) in [4.78, 5) is 0. The van der Waals surface area contributed by atoms with Crippen molar-refractivity contribution in [2.24, 2.45) is 10.2 Å². The monoisotopic (exact) mass is 254 g/mol. The lowest BCUT2D eigenvalue weighted by molar-refractivity contribution is 0.628. The maximum absolute atomic E-state index is 12.7. The van der Waals surface area contributed by atoms with Crippen molar-refractivity contribution in [3.05, 3.63) is 71.0 Å². The van der Waals surface area contributed by atoms with Gasteiger partial charge in [0.25, 0.3) is 0 Å². The molecule has 2 aromatic rings. The molecule has 0 bridgehead atoms. The zero-order valence-electron chi connectivity index (χ0n) is 10.8. The molecule has 2 rings (SSSR count). The summed E-state index contributed by atoms with van der Waals surface area (Å²) in [7, 11) is 0. The number of benzene rings is 2. The molecule has 2 nitrogen and oxygen atoms in total. The highest BCUT2D eigenvalue weighted by Gasteiger charge is 1.90. The summed E-state index contributed by atoms with van der Waals surface area (Å²) < 4.78 is 12.7. The van der Waals surface area contributed by atoms with E-state index in [2.05, 4.69) is 29.3 Å². The van der Waals surface area contributed by atoms with Crippen LogP contribution in [0.4, 0.5) is 4.39 Å². The molecule has 0 aliphatic rings. The Morgan fingerprint density at radius 2 is 1.32 bits per heavy atom. The Hall–Kier alpha value is -2.29. The maximum Gasteiger partial charge on any atom is 0.123 e. The summed E-state index contributed by atoms with van der Waals surface area (Å²) in [6.07, 6.45) is 4.32. The van der Waals surface area contributed by atoms with Crippen molar-refractivity contribution >= 4 is 12.4 Å². The third-order valence-corrected chi connectivity index (χ3v) is 2.74. The molecule has 0 heterocycles. The van der Waals surface area contributed by atoms with E-state index in [4.69, 9.17) is 0 Å². The van der Waals surface area contributed by atoms with Crippen molar-refractivity contribution in [3.8, 4) is 0 Å². The minimum absolute atomic E-state index is 0.253. The summed E-state index contributed by atoms with van der Waals surface area (Å²) in [6, 6.07) is 14.3. The molecular weight excluding hydrogens is 239 g/mol. The van der Waals surface area contributed by atoms with Crippen molar-refractivity contribution in [2.45, 2.75) is 13.3 Å². The predicted molar refractivity (Wildman–Crippen MR) is 77.4 cm³/mol. The second-order valence-corrected chi connectivity index (χ2v) is 4.14. The molecule has 0 spiro atoms. The molecule has 0 aliphatic heterocycles. The van der Waals surface area contributed by atoms with Crippen LogP contribution in [0.25, 0.3) is 0 Å². The van der Waals surface area contributed by atoms with Gasteiger partial charge in [0.1, 0.15) is 5.82 Å². The quantitative estimate of drug-likeness (QED) is 0.585. The van der Waals surface area contributed by atoms with E-state index in [1.807, 2.05) is 12.1 Å². The Morgan fingerprint density at radius 1 is 0.842 bits per heavy atom. The van der Waals surface area contributed by atoms with Gasteiger partial charge in [-0.1, -0.05) is 43.3 Å². The fourth-order valence-corrected chi connectivity index (χ4v) is 1.59. The number of rotatable bonds is 4. The lowest BCUT2D eigenvalue weighted by atomic mass is 10.1. The van der Waals surface area contributed by atoms with Gasteiger partial charge in [0.05, 0.1) is 12.4 Å². The molecule has 0 aliphatic carbocycles. The maximum atomic E-state index is 12.7. The molecule has 3 heteroatoms. The van der Waals surface area contributed by atoms with Gasteiger partial charge in [-0.15, -0.1) is 0 Å². The lowest BCUT2D eigenvalue weighted by Crippen LogP contribution is -1.84. The van der Waals surface area contributed by atoms with Gasteiger partial charge in [-0.25, -0.2) is 4.39 Å². The Morgan fingerprint density at radius 3 is 1.79 bits per heavy atom. The molecule has 0 saturated carbocycles. The highest BCUT2D eigenvalue weighted by atomic mass is 19.1. The Balaban J connectivity index is 1.96. The molecular formula is C16H15FN2. The smallest absolute Gasteiger partial charge is 0.123 e. The van der Waals surface area contributed by atoms with Gasteiger partial charge in [0.2, 0.25) is 0 Å². The van der Waals surface area contributed by atoms with Crippen LogP contribution < -0.4 is 0 Å². The van der Waals surface area contributed by atoms with Crippen LogP contribution in [0.1, 0.15) is 23.6 Å². The predicted octanol–water partition coefficient (Wildman–Crippen LogP) is 3.84. The van der Waals surface area contributed by atoms with Crippen LogP contribution in [0.15, 0.2) is 58.7 Å². The first-order valence-corrected chi connectivity index (χ1v) is 6.19. The summed E-state index contributed by atoms with van der Waals surface area (Å²) in [5.41, 5.74) is 3.13. The zero-order chi connectivity index (χ0) is 13.5. The van der Waals surface area contributed by atoms with Crippen LogP contribution in [0, 0.1) is 5.82 Å². The van der Waals surface area contributed by atoms with E-state index in [9.17, 15) is 4.39 Å². The van der Waals surface area contributed by atoms with Gasteiger partial charge in [0, 0.05) is 0 Å². The fraction of sp³-hybridized carbons (Fsp3) is 0.125. The highest BCUT2D eigenvalue weighted by molar-refractivity contribution is 5.82. The van der Waals surface area contributed by atoms with Crippen molar-refractivity contribution in [1.29, 1.82) is 0 Å². The molecule has 0 atom stereocenters. The van der Waals surface area contributed by atoms with Gasteiger partial charge in [-0.3, -0.25) is 0 Å². The van der Waals surface area contributed by atoms with E-state index in [1.165, 1.54) is 17.7 Å². The summed E-state index contributed by atoms with van der Waals surface area (Å²) >= 11 is 0. The molecule has 19 heavy (non-hydrogen) atoms. The number of nitrogens with zero attached hydrogens (tertiary/aromatic N) is 2. The van der Waals surface area contributed by atoms with Gasteiger partial charge in [-0.05, 0) is 35.2 Å². The SMILES string of the molecule is CCc1ccc(C=NN=Cc2ccc(F)cc2)cc1. The number of hydrogen-bond donors (Lipinski definition) is 0. The van der Waals surface area contributed by atoms with Crippen LogP contribution in [0.3, 0.4) is 0 Å². The van der Waals surface area contributed by atoms with Crippen molar-refractivity contribution < 1.29 is 4.39 Å². The van der Waals surface area contributed by atoms with E-state index < -0.39 is 0 Å². The van der Waals surface area contributed by atoms with Crippen molar-refractivity contribution in [1.82, 2.24) is 0 Å². The van der Waals surface area contributed by atoms with Crippen LogP contribution >= 0.6 is 0 Å². The van der Waals surface area contributed by atoms with E-state index in [-0.39, 0.29) is 5.82 Å². The van der Waals surface area contributed by atoms with Gasteiger partial charge in [-0.2, -0.15) is 10.2 Å². The second kappa shape index (κ2) is 6.59. The molecule has 0 unspecified atom stereocenters. The van der Waals surface area contributed by atoms with Crippen LogP contribution in [0.5, 0.6) is 0 Å². The first-order chi connectivity index (χ1) is 9.28. The van der Waals surface area contributed by atoms with Gasteiger partial charge < -0.3 is 0 Å². The largest absolute Gasteiger partial charge is 0.207 e. The molecule has 96 valence electrons. The minimum atomic E-state index is -0.253. The molecule has 0 fully saturated rings. The average Bonchev–Trinajstić information content (AvgIpc) is 2.46. The van der Waals surface area contributed by atoms with E-state index in [0.29, 0.717) is 0 Å². The van der Waals surface area contributed by atoms with E-state index in [0.717, 1.165) is 17.5 Å². The number of halogens is 1. The molecule has 0 saturated heterocycles. The molecule has 0 radical (unpaired) electrons.